The molecule has 0 atom stereocenters. The van der Waals surface area contributed by atoms with E-state index in [4.69, 9.17) is 5.14 Å². The van der Waals surface area contributed by atoms with Crippen LogP contribution in [-0.4, -0.2) is 45.4 Å². The van der Waals surface area contributed by atoms with Crippen molar-refractivity contribution >= 4 is 37.5 Å². The van der Waals surface area contributed by atoms with E-state index >= 15 is 0 Å². The Morgan fingerprint density at radius 3 is 2.35 bits per heavy atom. The number of hydrogen-bond donors (Lipinski definition) is 1. The molecule has 1 aliphatic heterocycles. The Hall–Kier alpha value is -1.97. The van der Waals surface area contributed by atoms with Crippen molar-refractivity contribution in [2.75, 3.05) is 31.1 Å². The van der Waals surface area contributed by atoms with Crippen LogP contribution in [0.25, 0.3) is 0 Å². The molecule has 3 rings (SSSR count). The molecule has 1 fully saturated rings. The van der Waals surface area contributed by atoms with Crippen LogP contribution in [0.15, 0.2) is 51.8 Å². The van der Waals surface area contributed by atoms with E-state index in [1.165, 1.54) is 24.3 Å². The Bertz CT molecular complexity index is 944. The van der Waals surface area contributed by atoms with Crippen LogP contribution >= 0.6 is 15.9 Å². The fourth-order valence-corrected chi connectivity index (χ4v) is 3.83. The van der Waals surface area contributed by atoms with Crippen molar-refractivity contribution in [3.63, 3.8) is 0 Å². The molecule has 9 heteroatoms. The fourth-order valence-electron chi connectivity index (χ4n) is 2.87. The number of primary sulfonamides is 1. The number of para-hydroxylation sites is 1. The molecule has 1 aliphatic rings. The summed E-state index contributed by atoms with van der Waals surface area (Å²) >= 11 is 3.28. The van der Waals surface area contributed by atoms with Crippen LogP contribution in [0.2, 0.25) is 0 Å². The molecule has 0 bridgehead atoms. The van der Waals surface area contributed by atoms with Crippen molar-refractivity contribution in [1.29, 1.82) is 0 Å². The second-order valence-electron chi connectivity index (χ2n) is 5.92. The van der Waals surface area contributed by atoms with Crippen LogP contribution in [-0.2, 0) is 10.0 Å². The molecule has 26 heavy (non-hydrogen) atoms. The highest BCUT2D eigenvalue weighted by Gasteiger charge is 2.25. The third-order valence-corrected chi connectivity index (χ3v) is 5.86. The lowest BCUT2D eigenvalue weighted by atomic mass is 10.1. The van der Waals surface area contributed by atoms with Gasteiger partial charge >= 0.3 is 0 Å². The van der Waals surface area contributed by atoms with Gasteiger partial charge in [-0.15, -0.1) is 0 Å². The second-order valence-corrected chi connectivity index (χ2v) is 8.33. The first-order chi connectivity index (χ1) is 12.3. The average Bonchev–Trinajstić information content (AvgIpc) is 2.61. The first kappa shape index (κ1) is 18.8. The zero-order chi connectivity index (χ0) is 18.9. The summed E-state index contributed by atoms with van der Waals surface area (Å²) in [5, 5.41) is 5.14. The molecule has 0 radical (unpaired) electrons. The number of nitrogens with two attached hydrogens (primary N) is 1. The number of benzene rings is 2. The highest BCUT2D eigenvalue weighted by Crippen LogP contribution is 2.24. The van der Waals surface area contributed by atoms with Gasteiger partial charge in [0.2, 0.25) is 10.0 Å². The monoisotopic (exact) mass is 441 g/mol. The highest BCUT2D eigenvalue weighted by atomic mass is 79.9. The van der Waals surface area contributed by atoms with E-state index in [9.17, 15) is 17.6 Å². The molecule has 0 unspecified atom stereocenters. The molecule has 1 saturated heterocycles. The molecular weight excluding hydrogens is 425 g/mol. The first-order valence-corrected chi connectivity index (χ1v) is 10.2. The first-order valence-electron chi connectivity index (χ1n) is 7.88. The molecule has 0 aromatic heterocycles. The van der Waals surface area contributed by atoms with E-state index in [2.05, 4.69) is 15.9 Å². The zero-order valence-electron chi connectivity index (χ0n) is 13.7. The van der Waals surface area contributed by atoms with Gasteiger partial charge in [0.05, 0.1) is 16.1 Å². The lowest BCUT2D eigenvalue weighted by molar-refractivity contribution is 0.0745. The molecule has 6 nitrogen and oxygen atoms in total. The van der Waals surface area contributed by atoms with Crippen molar-refractivity contribution in [1.82, 2.24) is 4.90 Å². The van der Waals surface area contributed by atoms with Gasteiger partial charge in [0.25, 0.3) is 5.91 Å². The van der Waals surface area contributed by atoms with Gasteiger partial charge in [-0.1, -0.05) is 12.1 Å². The number of nitrogens with zero attached hydrogens (tertiary/aromatic N) is 2. The van der Waals surface area contributed by atoms with Crippen LogP contribution in [0.1, 0.15) is 10.4 Å². The van der Waals surface area contributed by atoms with Gasteiger partial charge in [0.1, 0.15) is 5.82 Å². The second kappa shape index (κ2) is 7.34. The predicted octanol–water partition coefficient (Wildman–Crippen LogP) is 2.20. The quantitative estimate of drug-likeness (QED) is 0.790. The summed E-state index contributed by atoms with van der Waals surface area (Å²) in [5.74, 6) is -0.591. The van der Waals surface area contributed by atoms with E-state index in [-0.39, 0.29) is 22.2 Å². The number of halogens is 2. The van der Waals surface area contributed by atoms with Gasteiger partial charge in [0.15, 0.2) is 0 Å². The SMILES string of the molecule is NS(=O)(=O)c1ccc(Br)c(C(=O)N2CCN(c3ccccc3F)CC2)c1. The maximum atomic E-state index is 13.9. The summed E-state index contributed by atoms with van der Waals surface area (Å²) in [5.41, 5.74) is 0.743. The molecule has 2 aromatic rings. The van der Waals surface area contributed by atoms with Crippen molar-refractivity contribution in [3.8, 4) is 0 Å². The number of anilines is 1. The Kier molecular flexibility index (Phi) is 5.31. The zero-order valence-corrected chi connectivity index (χ0v) is 16.1. The molecule has 138 valence electrons. The fraction of sp³-hybridized carbons (Fsp3) is 0.235. The van der Waals surface area contributed by atoms with E-state index < -0.39 is 10.0 Å². The Morgan fingerprint density at radius 1 is 1.08 bits per heavy atom. The number of piperazine rings is 1. The normalized spacial score (nSPS) is 15.2. The van der Waals surface area contributed by atoms with Gasteiger partial charge in [-0.25, -0.2) is 17.9 Å². The van der Waals surface area contributed by atoms with Crippen LogP contribution in [0, 0.1) is 5.82 Å². The molecular formula is C17H17BrFN3O3S. The van der Waals surface area contributed by atoms with Crippen molar-refractivity contribution in [2.45, 2.75) is 4.90 Å². The predicted molar refractivity (Wildman–Crippen MR) is 100 cm³/mol. The summed E-state index contributed by atoms with van der Waals surface area (Å²) in [7, 11) is -3.90. The molecule has 2 N–H and O–H groups in total. The number of carbonyl (C=O) groups is 1. The molecule has 1 heterocycles. The van der Waals surface area contributed by atoms with Crippen LogP contribution in [0.4, 0.5) is 10.1 Å². The van der Waals surface area contributed by atoms with Crippen molar-refractivity contribution in [2.24, 2.45) is 5.14 Å². The molecule has 1 amide bonds. The summed E-state index contributed by atoms with van der Waals surface area (Å²) in [6.07, 6.45) is 0. The Morgan fingerprint density at radius 2 is 1.73 bits per heavy atom. The van der Waals surface area contributed by atoms with Gasteiger partial charge in [-0.3, -0.25) is 4.79 Å². The topological polar surface area (TPSA) is 83.7 Å². The van der Waals surface area contributed by atoms with Crippen molar-refractivity contribution in [3.05, 3.63) is 58.3 Å². The van der Waals surface area contributed by atoms with E-state index in [0.29, 0.717) is 36.3 Å². The Labute approximate surface area is 159 Å². The van der Waals surface area contributed by atoms with Gasteiger partial charge in [-0.2, -0.15) is 0 Å². The average molecular weight is 442 g/mol. The number of sulfonamides is 1. The highest BCUT2D eigenvalue weighted by molar-refractivity contribution is 9.10. The minimum absolute atomic E-state index is 0.117. The van der Waals surface area contributed by atoms with Crippen molar-refractivity contribution < 1.29 is 17.6 Å². The van der Waals surface area contributed by atoms with Crippen LogP contribution in [0.3, 0.4) is 0 Å². The number of hydrogen-bond acceptors (Lipinski definition) is 4. The van der Waals surface area contributed by atoms with Crippen LogP contribution in [0.5, 0.6) is 0 Å². The summed E-state index contributed by atoms with van der Waals surface area (Å²) in [4.78, 5) is 16.2. The molecule has 0 aliphatic carbocycles. The number of carbonyl (C=O) groups excluding carboxylic acids is 1. The van der Waals surface area contributed by atoms with E-state index in [0.717, 1.165) is 0 Å². The maximum absolute atomic E-state index is 13.9. The Balaban J connectivity index is 1.76. The molecule has 0 saturated carbocycles. The van der Waals surface area contributed by atoms with Crippen LogP contribution < -0.4 is 10.0 Å². The van der Waals surface area contributed by atoms with E-state index in [1.807, 2.05) is 4.90 Å². The number of rotatable bonds is 3. The molecule has 2 aromatic carbocycles. The molecule has 0 spiro atoms. The third-order valence-electron chi connectivity index (χ3n) is 4.26. The minimum Gasteiger partial charge on any atom is -0.366 e. The lowest BCUT2D eigenvalue weighted by Crippen LogP contribution is -2.49. The summed E-state index contributed by atoms with van der Waals surface area (Å²) in [6.45, 7) is 1.77. The standard InChI is InChI=1S/C17H17BrFN3O3S/c18-14-6-5-12(26(20,24)25)11-13(14)17(23)22-9-7-21(8-10-22)16-4-2-1-3-15(16)19/h1-6,11H,7-10H2,(H2,20,24,25). The summed E-state index contributed by atoms with van der Waals surface area (Å²) < 4.78 is 37.4. The smallest absolute Gasteiger partial charge is 0.255 e. The van der Waals surface area contributed by atoms with E-state index in [1.54, 1.807) is 23.1 Å². The summed E-state index contributed by atoms with van der Waals surface area (Å²) in [6, 6.07) is 10.6. The lowest BCUT2D eigenvalue weighted by Gasteiger charge is -2.36. The largest absolute Gasteiger partial charge is 0.366 e. The van der Waals surface area contributed by atoms with Gasteiger partial charge < -0.3 is 9.80 Å². The van der Waals surface area contributed by atoms with Gasteiger partial charge in [-0.05, 0) is 46.3 Å². The third kappa shape index (κ3) is 3.89. The number of amides is 1. The van der Waals surface area contributed by atoms with Gasteiger partial charge in [0, 0.05) is 30.7 Å². The maximum Gasteiger partial charge on any atom is 0.255 e. The minimum atomic E-state index is -3.90.